The molecule has 2 heterocycles. The summed E-state index contributed by atoms with van der Waals surface area (Å²) in [5.74, 6) is 0.137. The topological polar surface area (TPSA) is 54.7 Å². The van der Waals surface area contributed by atoms with Gasteiger partial charge in [-0.05, 0) is 46.2 Å². The molecule has 0 spiro atoms. The maximum atomic E-state index is 12.6. The van der Waals surface area contributed by atoms with E-state index in [9.17, 15) is 9.90 Å². The van der Waals surface area contributed by atoms with Crippen LogP contribution in [0.5, 0.6) is 0 Å². The number of piperidine rings is 1. The molecule has 0 amide bonds. The van der Waals surface area contributed by atoms with E-state index < -0.39 is 0 Å². The normalized spacial score (nSPS) is 21.0. The van der Waals surface area contributed by atoms with Gasteiger partial charge in [-0.15, -0.1) is 0 Å². The Morgan fingerprint density at radius 3 is 2.86 bits per heavy atom. The van der Waals surface area contributed by atoms with Crippen LogP contribution in [0.4, 0.5) is 0 Å². The van der Waals surface area contributed by atoms with Gasteiger partial charge in [-0.1, -0.05) is 0 Å². The number of β-amino-alcohol motifs (C(OH)–C–C–N with tert-alkyl or cyclic N) is 1. The number of hydrogen-bond donors (Lipinski definition) is 1. The number of aromatic nitrogens is 1. The van der Waals surface area contributed by atoms with E-state index in [1.807, 2.05) is 19.9 Å². The summed E-state index contributed by atoms with van der Waals surface area (Å²) >= 11 is 0. The van der Waals surface area contributed by atoms with Crippen molar-refractivity contribution in [2.75, 3.05) is 33.4 Å². The Bertz CT molecular complexity index is 524. The zero-order chi connectivity index (χ0) is 16.3. The molecular weight excluding hydrogens is 280 g/mol. The monoisotopic (exact) mass is 308 g/mol. The van der Waals surface area contributed by atoms with Gasteiger partial charge in [0.2, 0.25) is 0 Å². The first-order valence-electron chi connectivity index (χ1n) is 8.05. The molecule has 0 saturated carbocycles. The molecule has 1 aliphatic rings. The third kappa shape index (κ3) is 3.77. The minimum absolute atomic E-state index is 0.137. The standard InChI is InChI=1S/C17H28N2O3/c1-12-8-16(14(3)19(12)13(2)11-22-4)17(21)10-18-7-5-6-15(20)9-18/h8,13,15,20H,5-7,9-11H2,1-4H3. The number of aliphatic hydroxyl groups is 1. The van der Waals surface area contributed by atoms with Crippen LogP contribution < -0.4 is 0 Å². The molecule has 2 rings (SSSR count). The lowest BCUT2D eigenvalue weighted by Crippen LogP contribution is -2.41. The lowest BCUT2D eigenvalue weighted by Gasteiger charge is -2.29. The molecule has 124 valence electrons. The first-order valence-corrected chi connectivity index (χ1v) is 8.05. The summed E-state index contributed by atoms with van der Waals surface area (Å²) in [5.41, 5.74) is 2.88. The first kappa shape index (κ1) is 17.2. The average Bonchev–Trinajstić information content (AvgIpc) is 2.74. The maximum Gasteiger partial charge on any atom is 0.178 e. The second-order valence-electron chi connectivity index (χ2n) is 6.41. The smallest absolute Gasteiger partial charge is 0.178 e. The molecule has 1 aromatic rings. The van der Waals surface area contributed by atoms with Crippen LogP contribution in [-0.2, 0) is 4.74 Å². The van der Waals surface area contributed by atoms with Gasteiger partial charge in [-0.25, -0.2) is 0 Å². The summed E-state index contributed by atoms with van der Waals surface area (Å²) in [6.45, 7) is 8.63. The SMILES string of the molecule is COCC(C)n1c(C)cc(C(=O)CN2CCCC(O)C2)c1C. The predicted octanol–water partition coefficient (Wildman–Crippen LogP) is 1.95. The molecule has 1 aromatic heterocycles. The Kier molecular flexibility index (Phi) is 5.78. The third-order valence-electron chi connectivity index (χ3n) is 4.48. The largest absolute Gasteiger partial charge is 0.392 e. The van der Waals surface area contributed by atoms with E-state index in [4.69, 9.17) is 4.74 Å². The Labute approximate surface area is 132 Å². The van der Waals surface area contributed by atoms with E-state index in [1.54, 1.807) is 7.11 Å². The van der Waals surface area contributed by atoms with Gasteiger partial charge < -0.3 is 14.4 Å². The van der Waals surface area contributed by atoms with Crippen LogP contribution in [0.25, 0.3) is 0 Å². The summed E-state index contributed by atoms with van der Waals surface area (Å²) in [5, 5.41) is 9.73. The fourth-order valence-corrected chi connectivity index (χ4v) is 3.52. The van der Waals surface area contributed by atoms with E-state index in [1.165, 1.54) is 0 Å². The van der Waals surface area contributed by atoms with Crippen LogP contribution in [0, 0.1) is 13.8 Å². The highest BCUT2D eigenvalue weighted by Gasteiger charge is 2.23. The van der Waals surface area contributed by atoms with Gasteiger partial charge in [0.05, 0.1) is 25.3 Å². The zero-order valence-corrected chi connectivity index (χ0v) is 14.1. The summed E-state index contributed by atoms with van der Waals surface area (Å²) < 4.78 is 7.40. The van der Waals surface area contributed by atoms with Crippen molar-refractivity contribution in [1.82, 2.24) is 9.47 Å². The molecule has 0 aromatic carbocycles. The van der Waals surface area contributed by atoms with Crippen LogP contribution in [0.15, 0.2) is 6.07 Å². The molecule has 1 saturated heterocycles. The van der Waals surface area contributed by atoms with E-state index >= 15 is 0 Å². The molecule has 2 unspecified atom stereocenters. The second kappa shape index (κ2) is 7.40. The molecule has 22 heavy (non-hydrogen) atoms. The fourth-order valence-electron chi connectivity index (χ4n) is 3.52. The Morgan fingerprint density at radius 1 is 1.50 bits per heavy atom. The van der Waals surface area contributed by atoms with Gasteiger partial charge >= 0.3 is 0 Å². The van der Waals surface area contributed by atoms with Gasteiger partial charge in [0.15, 0.2) is 5.78 Å². The van der Waals surface area contributed by atoms with Crippen LogP contribution in [0.1, 0.15) is 47.6 Å². The highest BCUT2D eigenvalue weighted by atomic mass is 16.5. The number of aryl methyl sites for hydroxylation is 1. The quantitative estimate of drug-likeness (QED) is 0.816. The van der Waals surface area contributed by atoms with Crippen molar-refractivity contribution in [3.8, 4) is 0 Å². The lowest BCUT2D eigenvalue weighted by atomic mass is 10.1. The minimum atomic E-state index is -0.296. The number of nitrogens with zero attached hydrogens (tertiary/aromatic N) is 2. The van der Waals surface area contributed by atoms with Gasteiger partial charge in [0, 0.05) is 30.6 Å². The molecule has 2 atom stereocenters. The maximum absolute atomic E-state index is 12.6. The first-order chi connectivity index (χ1) is 10.4. The Hall–Kier alpha value is -1.17. The minimum Gasteiger partial charge on any atom is -0.392 e. The van der Waals surface area contributed by atoms with Gasteiger partial charge in [-0.2, -0.15) is 0 Å². The van der Waals surface area contributed by atoms with Gasteiger partial charge in [-0.3, -0.25) is 9.69 Å². The summed E-state index contributed by atoms with van der Waals surface area (Å²) in [6.07, 6.45) is 1.50. The Balaban J connectivity index is 2.11. The highest BCUT2D eigenvalue weighted by molar-refractivity contribution is 5.99. The summed E-state index contributed by atoms with van der Waals surface area (Å²) in [4.78, 5) is 14.7. The van der Waals surface area contributed by atoms with E-state index in [2.05, 4.69) is 16.4 Å². The van der Waals surface area contributed by atoms with Gasteiger partial charge in [0.1, 0.15) is 0 Å². The third-order valence-corrected chi connectivity index (χ3v) is 4.48. The van der Waals surface area contributed by atoms with Crippen molar-refractivity contribution >= 4 is 5.78 Å². The molecular formula is C17H28N2O3. The van der Waals surface area contributed by atoms with Crippen molar-refractivity contribution in [3.05, 3.63) is 23.0 Å². The number of aliphatic hydroxyl groups excluding tert-OH is 1. The van der Waals surface area contributed by atoms with E-state index in [-0.39, 0.29) is 17.9 Å². The molecule has 5 heteroatoms. The number of ether oxygens (including phenoxy) is 1. The average molecular weight is 308 g/mol. The summed E-state index contributed by atoms with van der Waals surface area (Å²) in [6, 6.07) is 2.19. The van der Waals surface area contributed by atoms with Crippen LogP contribution in [-0.4, -0.2) is 59.8 Å². The fraction of sp³-hybridized carbons (Fsp3) is 0.706. The molecule has 1 fully saturated rings. The molecule has 1 N–H and O–H groups in total. The molecule has 5 nitrogen and oxygen atoms in total. The van der Waals surface area contributed by atoms with Gasteiger partial charge in [0.25, 0.3) is 0 Å². The molecule has 1 aliphatic heterocycles. The van der Waals surface area contributed by atoms with Crippen molar-refractivity contribution in [2.24, 2.45) is 0 Å². The molecule has 0 radical (unpaired) electrons. The van der Waals surface area contributed by atoms with Crippen molar-refractivity contribution in [1.29, 1.82) is 0 Å². The molecule has 0 aliphatic carbocycles. The van der Waals surface area contributed by atoms with Crippen molar-refractivity contribution < 1.29 is 14.6 Å². The predicted molar refractivity (Wildman–Crippen MR) is 86.5 cm³/mol. The van der Waals surface area contributed by atoms with Crippen LogP contribution in [0.3, 0.4) is 0 Å². The number of carbonyl (C=O) groups is 1. The summed E-state index contributed by atoms with van der Waals surface area (Å²) in [7, 11) is 1.69. The van der Waals surface area contributed by atoms with E-state index in [0.717, 1.165) is 36.3 Å². The molecule has 0 bridgehead atoms. The number of hydrogen-bond acceptors (Lipinski definition) is 4. The number of ketones is 1. The van der Waals surface area contributed by atoms with Crippen molar-refractivity contribution in [2.45, 2.75) is 45.8 Å². The second-order valence-corrected chi connectivity index (χ2v) is 6.41. The van der Waals surface area contributed by atoms with Crippen LogP contribution in [0.2, 0.25) is 0 Å². The number of methoxy groups -OCH3 is 1. The van der Waals surface area contributed by atoms with Crippen LogP contribution >= 0.6 is 0 Å². The number of Topliss-reactive ketones (excluding diaryl/α,β-unsaturated/α-hetero) is 1. The number of rotatable bonds is 6. The van der Waals surface area contributed by atoms with E-state index in [0.29, 0.717) is 19.7 Å². The lowest BCUT2D eigenvalue weighted by molar-refractivity contribution is 0.0633. The Morgan fingerprint density at radius 2 is 2.23 bits per heavy atom. The highest BCUT2D eigenvalue weighted by Crippen LogP contribution is 2.22. The van der Waals surface area contributed by atoms with Crippen molar-refractivity contribution in [3.63, 3.8) is 0 Å². The zero-order valence-electron chi connectivity index (χ0n) is 14.1. The number of carbonyl (C=O) groups excluding carboxylic acids is 1. The number of likely N-dealkylation sites (tertiary alicyclic amines) is 1.